The summed E-state index contributed by atoms with van der Waals surface area (Å²) in [6, 6.07) is 3.85. The fourth-order valence-electron chi connectivity index (χ4n) is 2.20. The van der Waals surface area contributed by atoms with Gasteiger partial charge in [0.05, 0.1) is 10.9 Å². The number of carboxylic acids is 1. The lowest BCUT2D eigenvalue weighted by molar-refractivity contribution is -0.135. The van der Waals surface area contributed by atoms with E-state index in [2.05, 4.69) is 0 Å². The smallest absolute Gasteiger partial charge is 0.311 e. The Morgan fingerprint density at radius 2 is 1.75 bits per heavy atom. The third kappa shape index (κ3) is 2.23. The number of rotatable bonds is 3. The van der Waals surface area contributed by atoms with Crippen molar-refractivity contribution in [3.8, 4) is 17.2 Å². The Balaban J connectivity index is 2.75. The van der Waals surface area contributed by atoms with Gasteiger partial charge in [-0.3, -0.25) is 9.59 Å². The van der Waals surface area contributed by atoms with E-state index in [0.717, 1.165) is 6.07 Å². The molecule has 0 aliphatic carbocycles. The molecule has 6 heteroatoms. The summed E-state index contributed by atoms with van der Waals surface area (Å²) in [7, 11) is 0. The van der Waals surface area contributed by atoms with Gasteiger partial charge in [-0.15, -0.1) is 0 Å². The molecule has 0 atom stereocenters. The third-order valence-electron chi connectivity index (χ3n) is 2.96. The van der Waals surface area contributed by atoms with Crippen LogP contribution in [0.4, 0.5) is 0 Å². The van der Waals surface area contributed by atoms with E-state index in [-0.39, 0.29) is 22.4 Å². The average Bonchev–Trinajstić information content (AvgIpc) is 2.25. The van der Waals surface area contributed by atoms with Gasteiger partial charge in [-0.2, -0.15) is 0 Å². The summed E-state index contributed by atoms with van der Waals surface area (Å²) in [5, 5.41) is 38.3. The number of aliphatic carboxylic acids is 1. The van der Waals surface area contributed by atoms with E-state index in [1.54, 1.807) is 0 Å². The van der Waals surface area contributed by atoms with E-state index in [4.69, 9.17) is 5.11 Å². The Hall–Kier alpha value is -2.76. The number of Topliss-reactive ketones (excluding diaryl/α,β-unsaturated/α-hetero) is 1. The first-order valence-corrected chi connectivity index (χ1v) is 5.74. The van der Waals surface area contributed by atoms with Crippen molar-refractivity contribution in [2.24, 2.45) is 0 Å². The molecule has 2 aromatic rings. The van der Waals surface area contributed by atoms with Gasteiger partial charge in [0.2, 0.25) is 0 Å². The van der Waals surface area contributed by atoms with Crippen molar-refractivity contribution in [1.29, 1.82) is 0 Å². The van der Waals surface area contributed by atoms with Crippen molar-refractivity contribution in [2.75, 3.05) is 0 Å². The zero-order valence-corrected chi connectivity index (χ0v) is 10.5. The number of ketones is 1. The SMILES string of the molecule is Cc1cc2cc(O)cc(O)c2c(O)c1C(=O)CC(=O)O. The summed E-state index contributed by atoms with van der Waals surface area (Å²) < 4.78 is 0. The number of fused-ring (bicyclic) bond motifs is 1. The summed E-state index contributed by atoms with van der Waals surface area (Å²) in [6.07, 6.45) is -0.751. The first-order chi connectivity index (χ1) is 9.31. The lowest BCUT2D eigenvalue weighted by Gasteiger charge is -2.11. The summed E-state index contributed by atoms with van der Waals surface area (Å²) in [5.41, 5.74) is 0.229. The van der Waals surface area contributed by atoms with E-state index < -0.39 is 23.9 Å². The van der Waals surface area contributed by atoms with Gasteiger partial charge >= 0.3 is 5.97 Å². The number of aryl methyl sites for hydroxylation is 1. The highest BCUT2D eigenvalue weighted by Gasteiger charge is 2.21. The Morgan fingerprint density at radius 1 is 1.10 bits per heavy atom. The molecule has 0 saturated carbocycles. The van der Waals surface area contributed by atoms with Gasteiger partial charge in [0.15, 0.2) is 5.78 Å². The zero-order valence-electron chi connectivity index (χ0n) is 10.5. The van der Waals surface area contributed by atoms with Crippen LogP contribution in [0.2, 0.25) is 0 Å². The molecule has 0 spiro atoms. The number of hydrogen-bond donors (Lipinski definition) is 4. The van der Waals surface area contributed by atoms with E-state index >= 15 is 0 Å². The van der Waals surface area contributed by atoms with E-state index in [1.165, 1.54) is 19.1 Å². The third-order valence-corrected chi connectivity index (χ3v) is 2.96. The van der Waals surface area contributed by atoms with Gasteiger partial charge < -0.3 is 20.4 Å². The minimum absolute atomic E-state index is 0.00198. The van der Waals surface area contributed by atoms with Crippen LogP contribution in [0.25, 0.3) is 10.8 Å². The molecule has 0 aromatic heterocycles. The maximum Gasteiger partial charge on any atom is 0.311 e. The molecule has 4 N–H and O–H groups in total. The highest BCUT2D eigenvalue weighted by atomic mass is 16.4. The van der Waals surface area contributed by atoms with Crippen LogP contribution < -0.4 is 0 Å². The molecule has 0 bridgehead atoms. The summed E-state index contributed by atoms with van der Waals surface area (Å²) in [4.78, 5) is 22.4. The zero-order chi connectivity index (χ0) is 15.0. The number of hydrogen-bond acceptors (Lipinski definition) is 5. The van der Waals surface area contributed by atoms with Crippen LogP contribution in [0, 0.1) is 6.92 Å². The highest BCUT2D eigenvalue weighted by molar-refractivity contribution is 6.12. The Labute approximate surface area is 113 Å². The lowest BCUT2D eigenvalue weighted by atomic mass is 9.95. The molecular weight excluding hydrogens is 264 g/mol. The molecule has 2 aromatic carbocycles. The standard InChI is InChI=1S/C14H12O6/c1-6-2-7-3-8(15)4-9(16)13(7)14(20)12(6)10(17)5-11(18)19/h2-4,15-16,20H,5H2,1H3,(H,18,19). The van der Waals surface area contributed by atoms with Crippen LogP contribution in [0.3, 0.4) is 0 Å². The van der Waals surface area contributed by atoms with Crippen molar-refractivity contribution in [3.63, 3.8) is 0 Å². The second kappa shape index (κ2) is 4.73. The molecule has 0 radical (unpaired) electrons. The van der Waals surface area contributed by atoms with Gasteiger partial charge in [-0.25, -0.2) is 0 Å². The number of phenolic OH excluding ortho intramolecular Hbond substituents is 3. The number of carbonyl (C=O) groups is 2. The predicted octanol–water partition coefficient (Wildman–Crippen LogP) is 1.92. The van der Waals surface area contributed by atoms with Gasteiger partial charge in [0.25, 0.3) is 0 Å². The van der Waals surface area contributed by atoms with Crippen molar-refractivity contribution >= 4 is 22.5 Å². The molecule has 0 aliphatic heterocycles. The molecule has 0 amide bonds. The average molecular weight is 276 g/mol. The molecule has 0 unspecified atom stereocenters. The van der Waals surface area contributed by atoms with Gasteiger partial charge in [-0.1, -0.05) is 6.07 Å². The number of phenols is 3. The summed E-state index contributed by atoms with van der Waals surface area (Å²) in [6.45, 7) is 1.54. The number of carboxylic acid groups (broad SMARTS) is 1. The molecule has 0 heterocycles. The first-order valence-electron chi connectivity index (χ1n) is 5.74. The second-order valence-electron chi connectivity index (χ2n) is 4.47. The van der Waals surface area contributed by atoms with Crippen LogP contribution in [-0.2, 0) is 4.79 Å². The maximum absolute atomic E-state index is 11.8. The summed E-state index contributed by atoms with van der Waals surface area (Å²) >= 11 is 0. The van der Waals surface area contributed by atoms with Crippen molar-refractivity contribution in [2.45, 2.75) is 13.3 Å². The van der Waals surface area contributed by atoms with Crippen LogP contribution in [-0.4, -0.2) is 32.2 Å². The van der Waals surface area contributed by atoms with Crippen LogP contribution in [0.5, 0.6) is 17.2 Å². The van der Waals surface area contributed by atoms with E-state index in [1.807, 2.05) is 0 Å². The van der Waals surface area contributed by atoms with Crippen LogP contribution in [0.15, 0.2) is 18.2 Å². The molecule has 20 heavy (non-hydrogen) atoms. The van der Waals surface area contributed by atoms with Gasteiger partial charge in [0, 0.05) is 6.07 Å². The molecule has 0 fully saturated rings. The maximum atomic E-state index is 11.8. The minimum atomic E-state index is -1.30. The normalized spacial score (nSPS) is 10.7. The van der Waals surface area contributed by atoms with Gasteiger partial charge in [0.1, 0.15) is 23.7 Å². The molecule has 0 aliphatic rings. The Bertz CT molecular complexity index is 732. The molecule has 2 rings (SSSR count). The summed E-state index contributed by atoms with van der Waals surface area (Å²) in [5.74, 6) is -3.10. The van der Waals surface area contributed by atoms with Crippen LogP contribution in [0.1, 0.15) is 22.3 Å². The second-order valence-corrected chi connectivity index (χ2v) is 4.47. The quantitative estimate of drug-likeness (QED) is 0.503. The first kappa shape index (κ1) is 13.7. The fourth-order valence-corrected chi connectivity index (χ4v) is 2.20. The highest BCUT2D eigenvalue weighted by Crippen LogP contribution is 2.39. The fraction of sp³-hybridized carbons (Fsp3) is 0.143. The van der Waals surface area contributed by atoms with Crippen molar-refractivity contribution in [1.82, 2.24) is 0 Å². The minimum Gasteiger partial charge on any atom is -0.508 e. The monoisotopic (exact) mass is 276 g/mol. The Kier molecular flexibility index (Phi) is 3.23. The predicted molar refractivity (Wildman–Crippen MR) is 70.3 cm³/mol. The molecule has 0 saturated heterocycles. The van der Waals surface area contributed by atoms with E-state index in [9.17, 15) is 24.9 Å². The molecular formula is C14H12O6. The molecule has 104 valence electrons. The van der Waals surface area contributed by atoms with Gasteiger partial charge in [-0.05, 0) is 23.9 Å². The number of aromatic hydroxyl groups is 3. The van der Waals surface area contributed by atoms with E-state index in [0.29, 0.717) is 10.9 Å². The Morgan fingerprint density at radius 3 is 2.35 bits per heavy atom. The lowest BCUT2D eigenvalue weighted by Crippen LogP contribution is -2.09. The van der Waals surface area contributed by atoms with Crippen LogP contribution >= 0.6 is 0 Å². The van der Waals surface area contributed by atoms with Crippen molar-refractivity contribution in [3.05, 3.63) is 29.3 Å². The van der Waals surface area contributed by atoms with Crippen molar-refractivity contribution < 1.29 is 30.0 Å². The number of benzene rings is 2. The molecule has 6 nitrogen and oxygen atoms in total. The topological polar surface area (TPSA) is 115 Å². The number of carbonyl (C=O) groups excluding carboxylic acids is 1. The largest absolute Gasteiger partial charge is 0.508 e.